The Kier molecular flexibility index (Phi) is 2.77. The van der Waals surface area contributed by atoms with Gasteiger partial charge in [0, 0.05) is 14.1 Å². The van der Waals surface area contributed by atoms with Gasteiger partial charge in [-0.15, -0.1) is 0 Å². The van der Waals surface area contributed by atoms with E-state index >= 15 is 0 Å². The smallest absolute Gasteiger partial charge is 0.174 e. The monoisotopic (exact) mass is 184 g/mol. The first-order valence-electron chi connectivity index (χ1n) is 4.23. The molecular formula is C8H16N4O. The number of nitrogens with two attached hydrogens (primary N) is 1. The van der Waals surface area contributed by atoms with Crippen molar-refractivity contribution in [3.8, 4) is 0 Å². The molecule has 1 rings (SSSR count). The summed E-state index contributed by atoms with van der Waals surface area (Å²) in [6.07, 6.45) is 0. The van der Waals surface area contributed by atoms with Crippen molar-refractivity contribution >= 4 is 11.5 Å². The van der Waals surface area contributed by atoms with Gasteiger partial charge in [-0.3, -0.25) is 4.84 Å². The van der Waals surface area contributed by atoms with E-state index in [9.17, 15) is 0 Å². The summed E-state index contributed by atoms with van der Waals surface area (Å²) in [6, 6.07) is 0. The molecule has 0 fully saturated rings. The molecule has 0 aliphatic carbocycles. The van der Waals surface area contributed by atoms with E-state index < -0.39 is 0 Å². The van der Waals surface area contributed by atoms with Gasteiger partial charge >= 0.3 is 0 Å². The number of nitrogen functional groups attached to an aromatic ring is 1. The van der Waals surface area contributed by atoms with E-state index in [1.165, 1.54) is 0 Å². The molecule has 0 aliphatic heterocycles. The van der Waals surface area contributed by atoms with Crippen molar-refractivity contribution in [2.45, 2.75) is 13.8 Å². The quantitative estimate of drug-likeness (QED) is 0.702. The van der Waals surface area contributed by atoms with Crippen molar-refractivity contribution in [2.75, 3.05) is 24.5 Å². The second-order valence-corrected chi connectivity index (χ2v) is 2.86. The topological polar surface area (TPSA) is 56.3 Å². The fourth-order valence-electron chi connectivity index (χ4n) is 1.29. The van der Waals surface area contributed by atoms with Crippen molar-refractivity contribution in [3.63, 3.8) is 0 Å². The lowest BCUT2D eigenvalue weighted by Gasteiger charge is -2.17. The number of hydrogen-bond acceptors (Lipinski definition) is 4. The normalized spacial score (nSPS) is 10.5. The molecule has 5 heteroatoms. The molecule has 1 aromatic heterocycles. The SMILES string of the molecule is CCON(C)c1c(N)c(C)nn1C. The van der Waals surface area contributed by atoms with E-state index in [1.54, 1.807) is 9.75 Å². The molecule has 1 heterocycles. The Morgan fingerprint density at radius 1 is 1.62 bits per heavy atom. The van der Waals surface area contributed by atoms with Crippen LogP contribution in [0.3, 0.4) is 0 Å². The first kappa shape index (κ1) is 9.85. The van der Waals surface area contributed by atoms with Crippen LogP contribution in [0.2, 0.25) is 0 Å². The van der Waals surface area contributed by atoms with Crippen molar-refractivity contribution in [1.82, 2.24) is 9.78 Å². The summed E-state index contributed by atoms with van der Waals surface area (Å²) in [5.41, 5.74) is 7.32. The Labute approximate surface area is 78.0 Å². The molecule has 0 bridgehead atoms. The van der Waals surface area contributed by atoms with Gasteiger partial charge in [0.2, 0.25) is 0 Å². The summed E-state index contributed by atoms with van der Waals surface area (Å²) in [4.78, 5) is 5.30. The van der Waals surface area contributed by atoms with Crippen LogP contribution in [0.5, 0.6) is 0 Å². The van der Waals surface area contributed by atoms with Crippen LogP contribution in [0.25, 0.3) is 0 Å². The number of rotatable bonds is 3. The summed E-state index contributed by atoms with van der Waals surface area (Å²) in [7, 11) is 3.66. The zero-order valence-corrected chi connectivity index (χ0v) is 8.53. The summed E-state index contributed by atoms with van der Waals surface area (Å²) < 4.78 is 1.71. The molecule has 74 valence electrons. The number of anilines is 2. The van der Waals surface area contributed by atoms with Crippen LogP contribution in [-0.2, 0) is 11.9 Å². The lowest BCUT2D eigenvalue weighted by atomic mass is 10.4. The number of aromatic nitrogens is 2. The first-order valence-corrected chi connectivity index (χ1v) is 4.23. The number of aryl methyl sites for hydroxylation is 2. The van der Waals surface area contributed by atoms with E-state index in [4.69, 9.17) is 10.6 Å². The second-order valence-electron chi connectivity index (χ2n) is 2.86. The van der Waals surface area contributed by atoms with Gasteiger partial charge in [0.1, 0.15) is 0 Å². The van der Waals surface area contributed by atoms with E-state index in [0.29, 0.717) is 12.3 Å². The largest absolute Gasteiger partial charge is 0.394 e. The van der Waals surface area contributed by atoms with E-state index in [2.05, 4.69) is 5.10 Å². The number of hydroxylamine groups is 1. The summed E-state index contributed by atoms with van der Waals surface area (Å²) >= 11 is 0. The van der Waals surface area contributed by atoms with E-state index in [1.807, 2.05) is 27.9 Å². The Morgan fingerprint density at radius 3 is 2.62 bits per heavy atom. The molecule has 0 spiro atoms. The van der Waals surface area contributed by atoms with Crippen molar-refractivity contribution in [2.24, 2.45) is 7.05 Å². The molecule has 13 heavy (non-hydrogen) atoms. The predicted octanol–water partition coefficient (Wildman–Crippen LogP) is 0.698. The van der Waals surface area contributed by atoms with Crippen LogP contribution in [0.4, 0.5) is 11.5 Å². The minimum atomic E-state index is 0.611. The van der Waals surface area contributed by atoms with Crippen LogP contribution in [0.1, 0.15) is 12.6 Å². The maximum atomic E-state index is 5.83. The molecule has 0 amide bonds. The van der Waals surface area contributed by atoms with Crippen molar-refractivity contribution in [3.05, 3.63) is 5.69 Å². The highest BCUT2D eigenvalue weighted by Crippen LogP contribution is 2.24. The Hall–Kier alpha value is -1.23. The van der Waals surface area contributed by atoms with Gasteiger partial charge in [-0.1, -0.05) is 0 Å². The van der Waals surface area contributed by atoms with Gasteiger partial charge in [0.05, 0.1) is 18.0 Å². The highest BCUT2D eigenvalue weighted by molar-refractivity contribution is 5.64. The van der Waals surface area contributed by atoms with Crippen LogP contribution >= 0.6 is 0 Å². The lowest BCUT2D eigenvalue weighted by Crippen LogP contribution is -2.21. The third-order valence-electron chi connectivity index (χ3n) is 1.86. The van der Waals surface area contributed by atoms with E-state index in [-0.39, 0.29) is 0 Å². The molecule has 0 aromatic carbocycles. The second kappa shape index (κ2) is 3.66. The highest BCUT2D eigenvalue weighted by Gasteiger charge is 2.13. The highest BCUT2D eigenvalue weighted by atomic mass is 16.7. The fourth-order valence-corrected chi connectivity index (χ4v) is 1.29. The van der Waals surface area contributed by atoms with Crippen LogP contribution in [0.15, 0.2) is 0 Å². The van der Waals surface area contributed by atoms with Gasteiger partial charge in [0.25, 0.3) is 0 Å². The Bertz CT molecular complexity index is 295. The van der Waals surface area contributed by atoms with Crippen LogP contribution < -0.4 is 10.8 Å². The van der Waals surface area contributed by atoms with Gasteiger partial charge in [0.15, 0.2) is 5.82 Å². The van der Waals surface area contributed by atoms with Gasteiger partial charge in [-0.2, -0.15) is 5.10 Å². The third kappa shape index (κ3) is 1.75. The third-order valence-corrected chi connectivity index (χ3v) is 1.86. The zero-order valence-electron chi connectivity index (χ0n) is 8.53. The van der Waals surface area contributed by atoms with Gasteiger partial charge < -0.3 is 5.73 Å². The molecular weight excluding hydrogens is 168 g/mol. The summed E-state index contributed by atoms with van der Waals surface area (Å²) in [6.45, 7) is 4.41. The molecule has 1 aromatic rings. The first-order chi connectivity index (χ1) is 6.07. The molecule has 0 atom stereocenters. The molecule has 0 unspecified atom stereocenters. The van der Waals surface area contributed by atoms with Gasteiger partial charge in [-0.05, 0) is 13.8 Å². The molecule has 0 saturated carbocycles. The minimum absolute atomic E-state index is 0.611. The Morgan fingerprint density at radius 2 is 2.23 bits per heavy atom. The Balaban J connectivity index is 2.98. The van der Waals surface area contributed by atoms with Crippen LogP contribution in [0, 0.1) is 6.92 Å². The lowest BCUT2D eigenvalue weighted by molar-refractivity contribution is 0.131. The molecule has 0 aliphatic rings. The molecule has 2 N–H and O–H groups in total. The van der Waals surface area contributed by atoms with Crippen molar-refractivity contribution in [1.29, 1.82) is 0 Å². The molecule has 0 saturated heterocycles. The van der Waals surface area contributed by atoms with Crippen molar-refractivity contribution < 1.29 is 4.84 Å². The summed E-state index contributed by atoms with van der Waals surface area (Å²) in [5.74, 6) is 0.791. The average Bonchev–Trinajstić information content (AvgIpc) is 2.27. The minimum Gasteiger partial charge on any atom is -0.394 e. The van der Waals surface area contributed by atoms with Crippen LogP contribution in [-0.4, -0.2) is 23.4 Å². The number of hydrogen-bond donors (Lipinski definition) is 1. The molecule has 5 nitrogen and oxygen atoms in total. The van der Waals surface area contributed by atoms with Gasteiger partial charge in [-0.25, -0.2) is 9.75 Å². The summed E-state index contributed by atoms with van der Waals surface area (Å²) in [5, 5.41) is 5.82. The number of nitrogens with zero attached hydrogens (tertiary/aromatic N) is 3. The average molecular weight is 184 g/mol. The predicted molar refractivity (Wildman–Crippen MR) is 52.4 cm³/mol. The van der Waals surface area contributed by atoms with E-state index in [0.717, 1.165) is 11.5 Å². The fraction of sp³-hybridized carbons (Fsp3) is 0.625. The maximum Gasteiger partial charge on any atom is 0.174 e. The molecule has 0 radical (unpaired) electrons. The standard InChI is InChI=1S/C8H16N4O/c1-5-13-12(4)8-7(9)6(2)10-11(8)3/h5,9H2,1-4H3. The maximum absolute atomic E-state index is 5.83. The zero-order chi connectivity index (χ0) is 10.0.